The second-order valence-corrected chi connectivity index (χ2v) is 8.33. The van der Waals surface area contributed by atoms with E-state index in [1.54, 1.807) is 0 Å². The van der Waals surface area contributed by atoms with Gasteiger partial charge in [0.15, 0.2) is 0 Å². The molecule has 0 aliphatic carbocycles. The maximum atomic E-state index is 10.3. The average Bonchev–Trinajstić information content (AvgIpc) is 2.65. The van der Waals surface area contributed by atoms with E-state index in [2.05, 4.69) is 13.8 Å². The third-order valence-corrected chi connectivity index (χ3v) is 5.91. The Morgan fingerprint density at radius 3 is 1.48 bits per heavy atom. The molecule has 0 spiro atoms. The van der Waals surface area contributed by atoms with Gasteiger partial charge in [0.25, 0.3) is 0 Å². The molecular weight excluding hydrogens is 406 g/mol. The molecule has 0 amide bonds. The molecule has 0 radical (unpaired) electrons. The molecular formula is C20H39AlNiO5. The molecule has 1 rings (SSSR count). The van der Waals surface area contributed by atoms with Crippen molar-refractivity contribution in [3.05, 3.63) is 0 Å². The predicted molar refractivity (Wildman–Crippen MR) is 104 cm³/mol. The van der Waals surface area contributed by atoms with Gasteiger partial charge in [0.05, 0.1) is 0 Å². The number of carbonyl (C=O) groups is 2. The van der Waals surface area contributed by atoms with Gasteiger partial charge in [-0.1, -0.05) is 65.1 Å². The van der Waals surface area contributed by atoms with E-state index < -0.39 is 11.9 Å². The van der Waals surface area contributed by atoms with Crippen molar-refractivity contribution in [1.82, 2.24) is 0 Å². The van der Waals surface area contributed by atoms with Gasteiger partial charge in [0.1, 0.15) is 0 Å². The van der Waals surface area contributed by atoms with E-state index in [-0.39, 0.29) is 43.9 Å². The van der Waals surface area contributed by atoms with E-state index >= 15 is 0 Å². The Morgan fingerprint density at radius 2 is 1.33 bits per heavy atom. The minimum atomic E-state index is -0.893. The van der Waals surface area contributed by atoms with Crippen LogP contribution in [0.5, 0.6) is 0 Å². The first-order valence-electron chi connectivity index (χ1n) is 10.4. The van der Waals surface area contributed by atoms with Gasteiger partial charge >= 0.3 is 32.0 Å². The summed E-state index contributed by atoms with van der Waals surface area (Å²) in [6.07, 6.45) is 9.79. The zero-order chi connectivity index (χ0) is 20.2. The van der Waals surface area contributed by atoms with Gasteiger partial charge in [-0.3, -0.25) is 0 Å². The third-order valence-electron chi connectivity index (χ3n) is 4.54. The van der Waals surface area contributed by atoms with Crippen molar-refractivity contribution < 1.29 is 40.1 Å². The Kier molecular flexibility index (Phi) is 28.1. The summed E-state index contributed by atoms with van der Waals surface area (Å²) in [6.45, 7) is 8.95. The Balaban J connectivity index is -0.000000323. The largest absolute Gasteiger partial charge is 2.00 e. The van der Waals surface area contributed by atoms with Crippen molar-refractivity contribution in [2.45, 2.75) is 97.2 Å². The average molecular weight is 445 g/mol. The van der Waals surface area contributed by atoms with Crippen LogP contribution in [0.1, 0.15) is 91.9 Å². The van der Waals surface area contributed by atoms with Crippen LogP contribution in [-0.2, 0) is 29.9 Å². The molecule has 7 heteroatoms. The quantitative estimate of drug-likeness (QED) is 0.482. The summed E-state index contributed by atoms with van der Waals surface area (Å²) >= 11 is 0.00849. The number of rotatable bonds is 10. The molecule has 162 valence electrons. The van der Waals surface area contributed by atoms with Crippen LogP contribution >= 0.6 is 0 Å². The first-order valence-corrected chi connectivity index (χ1v) is 12.0. The fourth-order valence-corrected chi connectivity index (χ4v) is 3.74. The van der Waals surface area contributed by atoms with Crippen molar-refractivity contribution in [3.63, 3.8) is 0 Å². The number of carboxylic acids is 2. The second kappa shape index (κ2) is 24.0. The number of carboxylic acid groups (broad SMARTS) is 2. The topological polar surface area (TPSA) is 89.5 Å². The fraction of sp³-hybridized carbons (Fsp3) is 0.900. The van der Waals surface area contributed by atoms with E-state index in [0.717, 1.165) is 45.1 Å². The summed E-state index contributed by atoms with van der Waals surface area (Å²) in [7, 11) is 0. The Bertz CT molecular complexity index is 301. The van der Waals surface area contributed by atoms with Crippen molar-refractivity contribution >= 4 is 27.5 Å². The summed E-state index contributed by atoms with van der Waals surface area (Å²) in [4.78, 5) is 20.7. The SMILES string of the molecule is C1C[CH2][AlH][O]C1.CCCCC(CC)C(=O)[O-].CCCCC(CC)C(=O)[O-].[Ni+2]. The van der Waals surface area contributed by atoms with Gasteiger partial charge in [0, 0.05) is 18.5 Å². The van der Waals surface area contributed by atoms with Gasteiger partial charge in [-0.25, -0.2) is 0 Å². The minimum Gasteiger partial charge on any atom is -0.550 e. The summed E-state index contributed by atoms with van der Waals surface area (Å²) in [5, 5.41) is 22.1. The molecule has 5 nitrogen and oxygen atoms in total. The zero-order valence-electron chi connectivity index (χ0n) is 17.7. The van der Waals surface area contributed by atoms with Crippen LogP contribution in [0.25, 0.3) is 0 Å². The molecule has 1 heterocycles. The zero-order valence-corrected chi connectivity index (χ0v) is 20.1. The maximum Gasteiger partial charge on any atom is 2.00 e. The van der Waals surface area contributed by atoms with Crippen LogP contribution < -0.4 is 10.2 Å². The van der Waals surface area contributed by atoms with Crippen LogP contribution in [0.4, 0.5) is 0 Å². The van der Waals surface area contributed by atoms with Gasteiger partial charge in [-0.05, 0) is 43.9 Å². The van der Waals surface area contributed by atoms with E-state index in [9.17, 15) is 19.8 Å². The molecule has 0 bridgehead atoms. The predicted octanol–water partition coefficient (Wildman–Crippen LogP) is 2.47. The molecule has 0 saturated carbocycles. The molecule has 1 fully saturated rings. The number of aliphatic carboxylic acids is 2. The molecule has 1 saturated heterocycles. The summed E-state index contributed by atoms with van der Waals surface area (Å²) in [6, 6.07) is 0. The Hall–Kier alpha value is -0.0740. The first-order chi connectivity index (χ1) is 12.4. The van der Waals surface area contributed by atoms with Crippen LogP contribution in [0.15, 0.2) is 0 Å². The van der Waals surface area contributed by atoms with E-state index in [0.29, 0.717) is 12.8 Å². The normalized spacial score (nSPS) is 14.7. The number of hydrogen-bond donors (Lipinski definition) is 0. The van der Waals surface area contributed by atoms with Crippen LogP contribution in [0.2, 0.25) is 5.28 Å². The summed E-state index contributed by atoms with van der Waals surface area (Å²) in [5.41, 5.74) is 0. The third kappa shape index (κ3) is 22.1. The number of hydrogen-bond acceptors (Lipinski definition) is 5. The molecule has 0 aromatic rings. The fourth-order valence-electron chi connectivity index (χ4n) is 2.57. The van der Waals surface area contributed by atoms with Gasteiger partial charge in [-0.2, -0.15) is 0 Å². The molecule has 0 aromatic heterocycles. The summed E-state index contributed by atoms with van der Waals surface area (Å²) < 4.78 is 5.21. The Labute approximate surface area is 183 Å². The van der Waals surface area contributed by atoms with Crippen molar-refractivity contribution in [3.8, 4) is 0 Å². The van der Waals surface area contributed by atoms with Gasteiger partial charge < -0.3 is 23.6 Å². The first kappa shape index (κ1) is 31.6. The number of unbranched alkanes of at least 4 members (excludes halogenated alkanes) is 2. The smallest absolute Gasteiger partial charge is 0.550 e. The standard InChI is InChI=1S/2C8H16O2.C4H8O.Al.Ni.H/c2*1-3-5-6-7(4-2)8(9)10;1-2-3-4-5;;;/h2*7H,3-6H2,1-2H3,(H,9,10);1-4H2;;;/q;;-1;+1;+2;/p-2. The van der Waals surface area contributed by atoms with Gasteiger partial charge in [0.2, 0.25) is 0 Å². The van der Waals surface area contributed by atoms with E-state index in [4.69, 9.17) is 3.79 Å². The van der Waals surface area contributed by atoms with Crippen molar-refractivity contribution in [1.29, 1.82) is 0 Å². The molecule has 0 N–H and O–H groups in total. The van der Waals surface area contributed by atoms with Crippen LogP contribution in [-0.4, -0.2) is 34.1 Å². The van der Waals surface area contributed by atoms with E-state index in [1.807, 2.05) is 13.8 Å². The van der Waals surface area contributed by atoms with Crippen LogP contribution in [0.3, 0.4) is 0 Å². The molecule has 1 aliphatic heterocycles. The molecule has 27 heavy (non-hydrogen) atoms. The van der Waals surface area contributed by atoms with Crippen molar-refractivity contribution in [2.75, 3.05) is 6.61 Å². The van der Waals surface area contributed by atoms with Crippen LogP contribution in [0, 0.1) is 11.8 Å². The molecule has 1 aliphatic rings. The molecule has 2 unspecified atom stereocenters. The van der Waals surface area contributed by atoms with Crippen molar-refractivity contribution in [2.24, 2.45) is 11.8 Å². The minimum absolute atomic E-state index is 0. The second-order valence-electron chi connectivity index (χ2n) is 6.81. The van der Waals surface area contributed by atoms with Gasteiger partial charge in [-0.15, -0.1) is 0 Å². The number of carbonyl (C=O) groups excluding carboxylic acids is 2. The van der Waals surface area contributed by atoms with E-state index in [1.165, 1.54) is 18.1 Å². The Morgan fingerprint density at radius 1 is 0.889 bits per heavy atom. The monoisotopic (exact) mass is 444 g/mol. The maximum absolute atomic E-state index is 10.3. The molecule has 0 aromatic carbocycles. The summed E-state index contributed by atoms with van der Waals surface area (Å²) in [5.74, 6) is -2.23. The molecule has 2 atom stereocenters.